The molecule has 6 heteroatoms. The number of aromatic hydroxyl groups is 1. The maximum atomic E-state index is 10.9. The average Bonchev–Trinajstić information content (AvgIpc) is 3.35. The van der Waals surface area contributed by atoms with E-state index >= 15 is 0 Å². The first kappa shape index (κ1) is 19.3. The van der Waals surface area contributed by atoms with Crippen molar-refractivity contribution in [2.75, 3.05) is 13.1 Å². The molecule has 5 nitrogen and oxygen atoms in total. The summed E-state index contributed by atoms with van der Waals surface area (Å²) in [7, 11) is 0. The first-order valence-electron chi connectivity index (χ1n) is 10.7. The Hall–Kier alpha value is -2.70. The Morgan fingerprint density at radius 2 is 1.83 bits per heavy atom. The molecule has 0 saturated carbocycles. The minimum Gasteiger partial charge on any atom is -0.492 e. The maximum absolute atomic E-state index is 10.9. The molecule has 1 saturated heterocycles. The summed E-state index contributed by atoms with van der Waals surface area (Å²) in [4.78, 5) is 7.52. The summed E-state index contributed by atoms with van der Waals surface area (Å²) in [6, 6.07) is 19.7. The molecule has 1 atom stereocenters. The smallest absolute Gasteiger partial charge is 0.235 e. The summed E-state index contributed by atoms with van der Waals surface area (Å²) >= 11 is 1.55. The first-order valence-corrected chi connectivity index (χ1v) is 11.5. The topological polar surface area (TPSA) is 54.9 Å². The van der Waals surface area contributed by atoms with Gasteiger partial charge >= 0.3 is 0 Å². The maximum Gasteiger partial charge on any atom is 0.235 e. The van der Waals surface area contributed by atoms with Crippen LogP contribution in [0, 0.1) is 12.8 Å². The van der Waals surface area contributed by atoms with Crippen LogP contribution in [0.5, 0.6) is 5.88 Å². The molecule has 1 fully saturated rings. The van der Waals surface area contributed by atoms with Crippen LogP contribution in [-0.4, -0.2) is 32.8 Å². The minimum absolute atomic E-state index is 0.108. The molecule has 0 unspecified atom stereocenters. The summed E-state index contributed by atoms with van der Waals surface area (Å²) in [5, 5.41) is 15.1. The van der Waals surface area contributed by atoms with E-state index in [1.165, 1.54) is 40.8 Å². The van der Waals surface area contributed by atoms with Gasteiger partial charge in [0.15, 0.2) is 6.04 Å². The van der Waals surface area contributed by atoms with Crippen molar-refractivity contribution in [1.29, 1.82) is 0 Å². The summed E-state index contributed by atoms with van der Waals surface area (Å²) in [6.45, 7) is 4.31. The standard InChI is InChI=1S/C24H26N4OS/c1-17-7-9-20(10-8-17)21(22-23(29)28-24(30-22)25-16-26-28)27-13-11-19(12-14-27)15-18-5-3-2-4-6-18/h2-10,16,19,21,29H,11-15H2,1H3/p+1/t21-/m0/s1. The predicted molar refractivity (Wildman–Crippen MR) is 119 cm³/mol. The van der Waals surface area contributed by atoms with Crippen LogP contribution in [0.2, 0.25) is 0 Å². The molecule has 5 rings (SSSR count). The Labute approximate surface area is 180 Å². The Kier molecular flexibility index (Phi) is 5.27. The van der Waals surface area contributed by atoms with Crippen LogP contribution in [-0.2, 0) is 6.42 Å². The van der Waals surface area contributed by atoms with Crippen molar-refractivity contribution in [2.24, 2.45) is 5.92 Å². The molecule has 154 valence electrons. The van der Waals surface area contributed by atoms with Crippen molar-refractivity contribution in [3.63, 3.8) is 0 Å². The molecule has 2 aromatic heterocycles. The number of hydrogen-bond donors (Lipinski definition) is 2. The van der Waals surface area contributed by atoms with Crippen LogP contribution in [0.25, 0.3) is 4.96 Å². The van der Waals surface area contributed by atoms with Crippen LogP contribution in [0.1, 0.15) is 40.5 Å². The van der Waals surface area contributed by atoms with Crippen molar-refractivity contribution in [2.45, 2.75) is 32.2 Å². The highest BCUT2D eigenvalue weighted by Gasteiger charge is 2.35. The van der Waals surface area contributed by atoms with Gasteiger partial charge in [0.1, 0.15) is 11.2 Å². The normalized spacial score (nSPS) is 20.4. The van der Waals surface area contributed by atoms with Gasteiger partial charge in [0.25, 0.3) is 0 Å². The molecule has 30 heavy (non-hydrogen) atoms. The molecule has 0 bridgehead atoms. The Morgan fingerprint density at radius 3 is 2.53 bits per heavy atom. The van der Waals surface area contributed by atoms with Gasteiger partial charge < -0.3 is 10.0 Å². The quantitative estimate of drug-likeness (QED) is 0.521. The van der Waals surface area contributed by atoms with Crippen molar-refractivity contribution >= 4 is 16.3 Å². The number of aromatic nitrogens is 3. The number of aryl methyl sites for hydroxylation is 1. The number of piperidine rings is 1. The molecular weight excluding hydrogens is 392 g/mol. The molecule has 0 amide bonds. The number of fused-ring (bicyclic) bond motifs is 1. The van der Waals surface area contributed by atoms with Gasteiger partial charge in [-0.3, -0.25) is 0 Å². The lowest BCUT2D eigenvalue weighted by molar-refractivity contribution is -0.931. The van der Waals surface area contributed by atoms with E-state index in [1.54, 1.807) is 15.9 Å². The minimum atomic E-state index is 0.108. The number of thiazole rings is 1. The van der Waals surface area contributed by atoms with Crippen LogP contribution in [0.3, 0.4) is 0 Å². The lowest BCUT2D eigenvalue weighted by Crippen LogP contribution is -3.13. The van der Waals surface area contributed by atoms with Crippen molar-refractivity contribution in [3.05, 3.63) is 82.5 Å². The highest BCUT2D eigenvalue weighted by Crippen LogP contribution is 2.35. The van der Waals surface area contributed by atoms with Gasteiger partial charge in [0, 0.05) is 5.56 Å². The molecule has 1 aliphatic heterocycles. The first-order chi connectivity index (χ1) is 14.7. The molecule has 3 heterocycles. The van der Waals surface area contributed by atoms with Crippen molar-refractivity contribution in [1.82, 2.24) is 14.6 Å². The second kappa shape index (κ2) is 8.20. The highest BCUT2D eigenvalue weighted by molar-refractivity contribution is 7.17. The highest BCUT2D eigenvalue weighted by atomic mass is 32.1. The lowest BCUT2D eigenvalue weighted by Gasteiger charge is -2.34. The molecule has 0 spiro atoms. The average molecular weight is 420 g/mol. The zero-order valence-electron chi connectivity index (χ0n) is 17.2. The number of nitrogens with zero attached hydrogens (tertiary/aromatic N) is 3. The number of rotatable bonds is 5. The van der Waals surface area contributed by atoms with Crippen LogP contribution in [0.15, 0.2) is 60.9 Å². The third-order valence-electron chi connectivity index (χ3n) is 6.33. The van der Waals surface area contributed by atoms with E-state index in [9.17, 15) is 5.11 Å². The second-order valence-corrected chi connectivity index (χ2v) is 9.39. The Bertz CT molecular complexity index is 1110. The second-order valence-electron chi connectivity index (χ2n) is 8.38. The number of quaternary nitrogens is 1. The SMILES string of the molecule is Cc1ccc([C@@H](c2sc3ncnn3c2O)[NH+]2CCC(Cc3ccccc3)CC2)cc1. The summed E-state index contributed by atoms with van der Waals surface area (Å²) in [5.74, 6) is 0.961. The van der Waals surface area contributed by atoms with Crippen LogP contribution < -0.4 is 4.90 Å². The fraction of sp³-hybridized carbons (Fsp3) is 0.333. The molecule has 4 aromatic rings. The zero-order chi connectivity index (χ0) is 20.5. The third-order valence-corrected chi connectivity index (χ3v) is 7.43. The van der Waals surface area contributed by atoms with Crippen LogP contribution in [0.4, 0.5) is 0 Å². The summed E-state index contributed by atoms with van der Waals surface area (Å²) < 4.78 is 1.56. The summed E-state index contributed by atoms with van der Waals surface area (Å²) in [5.41, 5.74) is 3.93. The molecule has 0 radical (unpaired) electrons. The van der Waals surface area contributed by atoms with Gasteiger partial charge in [-0.05, 0) is 37.7 Å². The molecule has 1 aliphatic rings. The molecule has 0 aliphatic carbocycles. The predicted octanol–water partition coefficient (Wildman–Crippen LogP) is 3.43. The van der Waals surface area contributed by atoms with E-state index in [0.29, 0.717) is 0 Å². The van der Waals surface area contributed by atoms with E-state index in [1.807, 2.05) is 0 Å². The molecule has 2 N–H and O–H groups in total. The molecular formula is C24H27N4OS+. The largest absolute Gasteiger partial charge is 0.492 e. The fourth-order valence-corrected chi connectivity index (χ4v) is 5.82. The zero-order valence-corrected chi connectivity index (χ0v) is 18.0. The van der Waals surface area contributed by atoms with E-state index in [-0.39, 0.29) is 11.9 Å². The van der Waals surface area contributed by atoms with Gasteiger partial charge in [0.2, 0.25) is 10.8 Å². The Balaban J connectivity index is 1.40. The van der Waals surface area contributed by atoms with Gasteiger partial charge in [0.05, 0.1) is 13.1 Å². The Morgan fingerprint density at radius 1 is 1.10 bits per heavy atom. The number of hydrogen-bond acceptors (Lipinski definition) is 4. The summed E-state index contributed by atoms with van der Waals surface area (Å²) in [6.07, 6.45) is 5.06. The fourth-order valence-electron chi connectivity index (χ4n) is 4.70. The van der Waals surface area contributed by atoms with E-state index in [2.05, 4.69) is 71.6 Å². The van der Waals surface area contributed by atoms with Crippen molar-refractivity contribution < 1.29 is 10.0 Å². The van der Waals surface area contributed by atoms with Crippen LogP contribution >= 0.6 is 11.3 Å². The number of nitrogens with one attached hydrogen (secondary N) is 1. The van der Waals surface area contributed by atoms with E-state index in [4.69, 9.17) is 0 Å². The van der Waals surface area contributed by atoms with Crippen molar-refractivity contribution in [3.8, 4) is 5.88 Å². The van der Waals surface area contributed by atoms with Gasteiger partial charge in [-0.1, -0.05) is 71.5 Å². The third kappa shape index (κ3) is 3.73. The van der Waals surface area contributed by atoms with Gasteiger partial charge in [-0.2, -0.15) is 9.61 Å². The number of likely N-dealkylation sites (tertiary alicyclic amines) is 1. The van der Waals surface area contributed by atoms with E-state index in [0.717, 1.165) is 35.3 Å². The number of benzene rings is 2. The molecule has 2 aromatic carbocycles. The lowest BCUT2D eigenvalue weighted by atomic mass is 9.88. The van der Waals surface area contributed by atoms with E-state index < -0.39 is 0 Å². The van der Waals surface area contributed by atoms with Gasteiger partial charge in [-0.25, -0.2) is 4.98 Å². The monoisotopic (exact) mass is 419 g/mol. The van der Waals surface area contributed by atoms with Gasteiger partial charge in [-0.15, -0.1) is 0 Å².